The Hall–Kier alpha value is -1.00. The molecule has 0 aromatic heterocycles. The first kappa shape index (κ1) is 13.0. The molecule has 0 aliphatic rings. The Kier molecular flexibility index (Phi) is 7.98. The van der Waals surface area contributed by atoms with E-state index < -0.39 is 5.97 Å². The van der Waals surface area contributed by atoms with Gasteiger partial charge in [0.25, 0.3) is 0 Å². The van der Waals surface area contributed by atoms with Gasteiger partial charge in [-0.05, 0) is 18.4 Å². The van der Waals surface area contributed by atoms with Gasteiger partial charge in [-0.2, -0.15) is 0 Å². The molecule has 0 heterocycles. The summed E-state index contributed by atoms with van der Waals surface area (Å²) in [6.07, 6.45) is 1.83. The molecule has 3 nitrogen and oxygen atoms in total. The van der Waals surface area contributed by atoms with E-state index in [0.29, 0.717) is 0 Å². The Morgan fingerprint density at radius 3 is 2.36 bits per heavy atom. The van der Waals surface area contributed by atoms with Gasteiger partial charge < -0.3 is 5.11 Å². The van der Waals surface area contributed by atoms with E-state index in [2.05, 4.69) is 18.0 Å². The fourth-order valence-electron chi connectivity index (χ4n) is 1.09. The highest BCUT2D eigenvalue weighted by atomic mass is 32.1. The molecular weight excluding hydrogens is 198 g/mol. The number of thiol groups is 1. The highest BCUT2D eigenvalue weighted by Gasteiger charge is 1.96. The maximum absolute atomic E-state index is 10.2. The second kappa shape index (κ2) is 8.59. The van der Waals surface area contributed by atoms with E-state index in [1.807, 2.05) is 30.3 Å². The standard InChI is InChI=1S/C10H12O2.H3NS/c11-10(12)8-4-7-9-5-2-1-3-6-9;1-2/h1-3,5-6H,4,7-8H2,(H,11,12);2H,1H2. The van der Waals surface area contributed by atoms with Crippen LogP contribution in [-0.2, 0) is 11.2 Å². The molecule has 4 heteroatoms. The van der Waals surface area contributed by atoms with Crippen LogP contribution in [0, 0.1) is 0 Å². The quantitative estimate of drug-likeness (QED) is 0.669. The Labute approximate surface area is 89.5 Å². The van der Waals surface area contributed by atoms with Crippen LogP contribution < -0.4 is 5.14 Å². The summed E-state index contributed by atoms with van der Waals surface area (Å²) >= 11 is 3.03. The van der Waals surface area contributed by atoms with Crippen molar-refractivity contribution in [1.82, 2.24) is 0 Å². The van der Waals surface area contributed by atoms with Crippen LogP contribution in [-0.4, -0.2) is 11.1 Å². The summed E-state index contributed by atoms with van der Waals surface area (Å²) in [7, 11) is 0. The normalized spacial score (nSPS) is 8.71. The molecule has 0 aliphatic carbocycles. The molecule has 0 bridgehead atoms. The van der Waals surface area contributed by atoms with E-state index in [1.165, 1.54) is 5.56 Å². The average Bonchev–Trinajstić information content (AvgIpc) is 2.22. The van der Waals surface area contributed by atoms with Gasteiger partial charge in [0, 0.05) is 6.42 Å². The molecule has 0 amide bonds. The minimum atomic E-state index is -0.717. The third-order valence-electron chi connectivity index (χ3n) is 1.70. The zero-order chi connectivity index (χ0) is 10.8. The van der Waals surface area contributed by atoms with Gasteiger partial charge in [0.1, 0.15) is 0 Å². The number of carbonyl (C=O) groups is 1. The Morgan fingerprint density at radius 1 is 1.29 bits per heavy atom. The minimum Gasteiger partial charge on any atom is -0.481 e. The van der Waals surface area contributed by atoms with Crippen LogP contribution in [0.5, 0.6) is 0 Å². The number of nitrogens with two attached hydrogens (primary N) is 1. The number of carboxylic acid groups (broad SMARTS) is 1. The van der Waals surface area contributed by atoms with E-state index in [4.69, 9.17) is 5.11 Å². The van der Waals surface area contributed by atoms with Crippen molar-refractivity contribution < 1.29 is 9.90 Å². The van der Waals surface area contributed by atoms with Gasteiger partial charge in [-0.1, -0.05) is 30.3 Å². The zero-order valence-electron chi connectivity index (χ0n) is 7.89. The predicted octanol–water partition coefficient (Wildman–Crippen LogP) is 1.88. The van der Waals surface area contributed by atoms with Gasteiger partial charge in [0.05, 0.1) is 0 Å². The molecule has 0 spiro atoms. The molecule has 0 fully saturated rings. The molecule has 1 rings (SSSR count). The second-order valence-corrected chi connectivity index (χ2v) is 2.73. The van der Waals surface area contributed by atoms with Crippen LogP contribution in [0.2, 0.25) is 0 Å². The third kappa shape index (κ3) is 6.51. The van der Waals surface area contributed by atoms with Crippen molar-refractivity contribution in [2.75, 3.05) is 0 Å². The van der Waals surface area contributed by atoms with Crippen molar-refractivity contribution in [2.45, 2.75) is 19.3 Å². The lowest BCUT2D eigenvalue weighted by molar-refractivity contribution is -0.137. The number of hydrogen-bond donors (Lipinski definition) is 3. The summed E-state index contributed by atoms with van der Waals surface area (Å²) in [5, 5.41) is 12.6. The molecule has 0 radical (unpaired) electrons. The summed E-state index contributed by atoms with van der Waals surface area (Å²) < 4.78 is 0. The first-order valence-corrected chi connectivity index (χ1v) is 4.82. The topological polar surface area (TPSA) is 63.3 Å². The van der Waals surface area contributed by atoms with Crippen molar-refractivity contribution >= 4 is 18.8 Å². The van der Waals surface area contributed by atoms with Gasteiger partial charge in [0.15, 0.2) is 0 Å². The number of aliphatic carboxylic acids is 1. The Balaban J connectivity index is 0.000000791. The molecule has 0 atom stereocenters. The summed E-state index contributed by atoms with van der Waals surface area (Å²) in [6, 6.07) is 9.93. The minimum absolute atomic E-state index is 0.259. The smallest absolute Gasteiger partial charge is 0.303 e. The number of hydrogen-bond acceptors (Lipinski definition) is 3. The fourth-order valence-corrected chi connectivity index (χ4v) is 1.09. The highest BCUT2D eigenvalue weighted by Crippen LogP contribution is 2.03. The Morgan fingerprint density at radius 2 is 1.86 bits per heavy atom. The lowest BCUT2D eigenvalue weighted by atomic mass is 10.1. The highest BCUT2D eigenvalue weighted by molar-refractivity contribution is 7.77. The molecule has 78 valence electrons. The maximum atomic E-state index is 10.2. The van der Waals surface area contributed by atoms with Gasteiger partial charge in [-0.3, -0.25) is 9.93 Å². The van der Waals surface area contributed by atoms with Gasteiger partial charge in [-0.25, -0.2) is 0 Å². The number of benzene rings is 1. The summed E-state index contributed by atoms with van der Waals surface area (Å²) in [4.78, 5) is 10.2. The van der Waals surface area contributed by atoms with Crippen LogP contribution in [0.3, 0.4) is 0 Å². The third-order valence-corrected chi connectivity index (χ3v) is 1.70. The zero-order valence-corrected chi connectivity index (χ0v) is 8.78. The SMILES string of the molecule is NS.O=C(O)CCCc1ccccc1. The van der Waals surface area contributed by atoms with Crippen LogP contribution in [0.1, 0.15) is 18.4 Å². The average molecular weight is 213 g/mol. The predicted molar refractivity (Wildman–Crippen MR) is 60.2 cm³/mol. The van der Waals surface area contributed by atoms with E-state index in [1.54, 1.807) is 0 Å². The molecule has 0 aliphatic heterocycles. The van der Waals surface area contributed by atoms with E-state index in [0.717, 1.165) is 12.8 Å². The van der Waals surface area contributed by atoms with Crippen molar-refractivity contribution in [3.63, 3.8) is 0 Å². The van der Waals surface area contributed by atoms with Crippen molar-refractivity contribution in [2.24, 2.45) is 5.14 Å². The summed E-state index contributed by atoms with van der Waals surface area (Å²) in [5.74, 6) is -0.717. The van der Waals surface area contributed by atoms with Crippen LogP contribution in [0.15, 0.2) is 30.3 Å². The molecular formula is C10H15NO2S. The number of aryl methyl sites for hydroxylation is 1. The first-order chi connectivity index (χ1) is 6.79. The van der Waals surface area contributed by atoms with Gasteiger partial charge >= 0.3 is 5.97 Å². The lowest BCUT2D eigenvalue weighted by Crippen LogP contribution is -1.95. The molecule has 0 saturated carbocycles. The van der Waals surface area contributed by atoms with E-state index in [-0.39, 0.29) is 6.42 Å². The largest absolute Gasteiger partial charge is 0.481 e. The molecule has 1 aromatic carbocycles. The number of rotatable bonds is 4. The maximum Gasteiger partial charge on any atom is 0.303 e. The Bertz CT molecular complexity index is 252. The fraction of sp³-hybridized carbons (Fsp3) is 0.300. The molecule has 0 saturated heterocycles. The molecule has 14 heavy (non-hydrogen) atoms. The monoisotopic (exact) mass is 213 g/mol. The van der Waals surface area contributed by atoms with Crippen LogP contribution in [0.25, 0.3) is 0 Å². The first-order valence-electron chi connectivity index (χ1n) is 4.30. The van der Waals surface area contributed by atoms with E-state index in [9.17, 15) is 4.79 Å². The number of carboxylic acids is 1. The van der Waals surface area contributed by atoms with E-state index >= 15 is 0 Å². The van der Waals surface area contributed by atoms with Gasteiger partial charge in [0.2, 0.25) is 0 Å². The van der Waals surface area contributed by atoms with Crippen molar-refractivity contribution in [3.8, 4) is 0 Å². The van der Waals surface area contributed by atoms with Crippen molar-refractivity contribution in [1.29, 1.82) is 0 Å². The summed E-state index contributed by atoms with van der Waals surface area (Å²) in [5.41, 5.74) is 1.21. The van der Waals surface area contributed by atoms with Crippen molar-refractivity contribution in [3.05, 3.63) is 35.9 Å². The van der Waals surface area contributed by atoms with Crippen LogP contribution >= 0.6 is 12.8 Å². The lowest BCUT2D eigenvalue weighted by Gasteiger charge is -1.97. The molecule has 3 N–H and O–H groups in total. The summed E-state index contributed by atoms with van der Waals surface area (Å²) in [6.45, 7) is 0. The van der Waals surface area contributed by atoms with Crippen LogP contribution in [0.4, 0.5) is 0 Å². The van der Waals surface area contributed by atoms with Gasteiger partial charge in [-0.15, -0.1) is 12.8 Å². The molecule has 1 aromatic rings. The second-order valence-electron chi connectivity index (χ2n) is 2.73. The molecule has 0 unspecified atom stereocenters.